The van der Waals surface area contributed by atoms with Crippen molar-refractivity contribution in [3.63, 3.8) is 0 Å². The van der Waals surface area contributed by atoms with Gasteiger partial charge in [0, 0.05) is 17.3 Å². The minimum Gasteiger partial charge on any atom is -0.497 e. The SMILES string of the molecule is COc1ccc(-c2cc(C)nc(SCC(=O)NC3CCCCC3)n2)cc1. The maximum atomic E-state index is 12.2. The monoisotopic (exact) mass is 371 g/mol. The lowest BCUT2D eigenvalue weighted by atomic mass is 9.95. The van der Waals surface area contributed by atoms with Gasteiger partial charge in [-0.2, -0.15) is 0 Å². The molecule has 3 rings (SSSR count). The van der Waals surface area contributed by atoms with E-state index in [2.05, 4.69) is 15.3 Å². The van der Waals surface area contributed by atoms with Crippen LogP contribution in [0.25, 0.3) is 11.3 Å². The lowest BCUT2D eigenvalue weighted by Gasteiger charge is -2.22. The van der Waals surface area contributed by atoms with Gasteiger partial charge in [-0.3, -0.25) is 4.79 Å². The Kier molecular flexibility index (Phi) is 6.50. The normalized spacial score (nSPS) is 14.8. The minimum absolute atomic E-state index is 0.0676. The van der Waals surface area contributed by atoms with Crippen molar-refractivity contribution in [3.05, 3.63) is 36.0 Å². The quantitative estimate of drug-likeness (QED) is 0.614. The Bertz CT molecular complexity index is 743. The first kappa shape index (κ1) is 18.7. The van der Waals surface area contributed by atoms with Gasteiger partial charge in [0.1, 0.15) is 5.75 Å². The summed E-state index contributed by atoms with van der Waals surface area (Å²) in [4.78, 5) is 21.3. The fourth-order valence-corrected chi connectivity index (χ4v) is 3.88. The maximum absolute atomic E-state index is 12.2. The van der Waals surface area contributed by atoms with Gasteiger partial charge < -0.3 is 10.1 Å². The summed E-state index contributed by atoms with van der Waals surface area (Å²) in [6, 6.07) is 10.1. The molecule has 0 spiro atoms. The molecule has 0 aliphatic heterocycles. The number of aromatic nitrogens is 2. The lowest BCUT2D eigenvalue weighted by Crippen LogP contribution is -2.37. The maximum Gasteiger partial charge on any atom is 0.230 e. The van der Waals surface area contributed by atoms with Gasteiger partial charge in [0.25, 0.3) is 0 Å². The van der Waals surface area contributed by atoms with Crippen molar-refractivity contribution in [2.24, 2.45) is 0 Å². The molecule has 0 saturated heterocycles. The number of carbonyl (C=O) groups excluding carboxylic acids is 1. The minimum atomic E-state index is 0.0676. The van der Waals surface area contributed by atoms with Gasteiger partial charge in [-0.1, -0.05) is 31.0 Å². The summed E-state index contributed by atoms with van der Waals surface area (Å²) < 4.78 is 5.20. The molecule has 1 aromatic heterocycles. The third-order valence-electron chi connectivity index (χ3n) is 4.52. The summed E-state index contributed by atoms with van der Waals surface area (Å²) >= 11 is 1.39. The molecule has 1 fully saturated rings. The van der Waals surface area contributed by atoms with E-state index in [1.807, 2.05) is 37.3 Å². The molecule has 1 aliphatic carbocycles. The Morgan fingerprint density at radius 2 is 1.92 bits per heavy atom. The van der Waals surface area contributed by atoms with Crippen LogP contribution in [0.15, 0.2) is 35.5 Å². The van der Waals surface area contributed by atoms with Crippen LogP contribution in [0.2, 0.25) is 0 Å². The number of nitrogens with one attached hydrogen (secondary N) is 1. The summed E-state index contributed by atoms with van der Waals surface area (Å²) in [6.45, 7) is 1.95. The summed E-state index contributed by atoms with van der Waals surface area (Å²) in [5.41, 5.74) is 2.75. The van der Waals surface area contributed by atoms with E-state index in [4.69, 9.17) is 4.74 Å². The molecule has 0 radical (unpaired) electrons. The van der Waals surface area contributed by atoms with E-state index < -0.39 is 0 Å². The van der Waals surface area contributed by atoms with Crippen LogP contribution in [-0.4, -0.2) is 34.8 Å². The number of carbonyl (C=O) groups is 1. The van der Waals surface area contributed by atoms with Crippen molar-refractivity contribution in [2.45, 2.75) is 50.2 Å². The van der Waals surface area contributed by atoms with E-state index in [0.717, 1.165) is 35.5 Å². The zero-order valence-corrected chi connectivity index (χ0v) is 16.1. The second-order valence-corrected chi connectivity index (χ2v) is 7.54. The number of nitrogens with zero attached hydrogens (tertiary/aromatic N) is 2. The fourth-order valence-electron chi connectivity index (χ4n) is 3.16. The highest BCUT2D eigenvalue weighted by Gasteiger charge is 2.16. The molecule has 0 unspecified atom stereocenters. The van der Waals surface area contributed by atoms with Gasteiger partial charge in [0.2, 0.25) is 5.91 Å². The van der Waals surface area contributed by atoms with E-state index in [0.29, 0.717) is 17.0 Å². The number of thioether (sulfide) groups is 1. The average Bonchev–Trinajstić information content (AvgIpc) is 2.67. The predicted octanol–water partition coefficient (Wildman–Crippen LogP) is 4.00. The van der Waals surface area contributed by atoms with Crippen LogP contribution in [0.5, 0.6) is 5.75 Å². The summed E-state index contributed by atoms with van der Waals surface area (Å²) in [5, 5.41) is 3.77. The third-order valence-corrected chi connectivity index (χ3v) is 5.37. The number of hydrogen-bond donors (Lipinski definition) is 1. The first-order valence-corrected chi connectivity index (χ1v) is 10.0. The van der Waals surface area contributed by atoms with E-state index in [9.17, 15) is 4.79 Å². The molecule has 1 amide bonds. The Morgan fingerprint density at radius 3 is 2.62 bits per heavy atom. The average molecular weight is 372 g/mol. The molecule has 1 saturated carbocycles. The number of benzene rings is 1. The molecule has 138 valence electrons. The van der Waals surface area contributed by atoms with E-state index in [1.54, 1.807) is 7.11 Å². The summed E-state index contributed by atoms with van der Waals surface area (Å²) in [7, 11) is 1.65. The lowest BCUT2D eigenvalue weighted by molar-refractivity contribution is -0.119. The Labute approximate surface area is 159 Å². The molecule has 0 bridgehead atoms. The number of rotatable bonds is 6. The molecular weight excluding hydrogens is 346 g/mol. The number of aryl methyl sites for hydroxylation is 1. The number of methoxy groups -OCH3 is 1. The third kappa shape index (κ3) is 5.21. The first-order chi connectivity index (χ1) is 12.6. The van der Waals surface area contributed by atoms with Gasteiger partial charge in [-0.05, 0) is 50.1 Å². The van der Waals surface area contributed by atoms with Crippen molar-refractivity contribution < 1.29 is 9.53 Å². The van der Waals surface area contributed by atoms with Crippen molar-refractivity contribution >= 4 is 17.7 Å². The Morgan fingerprint density at radius 1 is 1.19 bits per heavy atom. The highest BCUT2D eigenvalue weighted by Crippen LogP contribution is 2.24. The van der Waals surface area contributed by atoms with Crippen LogP contribution in [0.4, 0.5) is 0 Å². The molecule has 6 heteroatoms. The van der Waals surface area contributed by atoms with Gasteiger partial charge >= 0.3 is 0 Å². The number of hydrogen-bond acceptors (Lipinski definition) is 5. The molecular formula is C20H25N3O2S. The molecule has 5 nitrogen and oxygen atoms in total. The predicted molar refractivity (Wildman–Crippen MR) is 104 cm³/mol. The highest BCUT2D eigenvalue weighted by atomic mass is 32.2. The van der Waals surface area contributed by atoms with Gasteiger partial charge in [-0.25, -0.2) is 9.97 Å². The second-order valence-electron chi connectivity index (χ2n) is 6.60. The topological polar surface area (TPSA) is 64.1 Å². The Balaban J connectivity index is 1.62. The largest absolute Gasteiger partial charge is 0.497 e. The highest BCUT2D eigenvalue weighted by molar-refractivity contribution is 7.99. The zero-order chi connectivity index (χ0) is 18.4. The van der Waals surface area contributed by atoms with E-state index >= 15 is 0 Å². The smallest absolute Gasteiger partial charge is 0.230 e. The van der Waals surface area contributed by atoms with Crippen molar-refractivity contribution in [1.29, 1.82) is 0 Å². The molecule has 1 aromatic carbocycles. The van der Waals surface area contributed by atoms with Crippen molar-refractivity contribution in [3.8, 4) is 17.0 Å². The Hall–Kier alpha value is -2.08. The van der Waals surface area contributed by atoms with E-state index in [1.165, 1.54) is 31.0 Å². The standard InChI is InChI=1S/C20H25N3O2S/c1-14-12-18(15-8-10-17(25-2)11-9-15)23-20(21-14)26-13-19(24)22-16-6-4-3-5-7-16/h8-12,16H,3-7,13H2,1-2H3,(H,22,24). The second kappa shape index (κ2) is 9.03. The number of ether oxygens (including phenoxy) is 1. The van der Waals surface area contributed by atoms with Crippen LogP contribution in [0, 0.1) is 6.92 Å². The van der Waals surface area contributed by atoms with Gasteiger partial charge in [0.15, 0.2) is 5.16 Å². The molecule has 1 heterocycles. The van der Waals surface area contributed by atoms with Crippen molar-refractivity contribution in [1.82, 2.24) is 15.3 Å². The zero-order valence-electron chi connectivity index (χ0n) is 15.3. The summed E-state index contributed by atoms with van der Waals surface area (Å²) in [6.07, 6.45) is 5.90. The molecule has 1 aliphatic rings. The van der Waals surface area contributed by atoms with Crippen LogP contribution in [-0.2, 0) is 4.79 Å². The van der Waals surface area contributed by atoms with Crippen LogP contribution < -0.4 is 10.1 Å². The van der Waals surface area contributed by atoms with Gasteiger partial charge in [0.05, 0.1) is 18.6 Å². The number of amides is 1. The first-order valence-electron chi connectivity index (χ1n) is 9.06. The van der Waals surface area contributed by atoms with E-state index in [-0.39, 0.29) is 5.91 Å². The van der Waals surface area contributed by atoms with Gasteiger partial charge in [-0.15, -0.1) is 0 Å². The molecule has 2 aromatic rings. The molecule has 1 N–H and O–H groups in total. The van der Waals surface area contributed by atoms with Crippen LogP contribution >= 0.6 is 11.8 Å². The fraction of sp³-hybridized carbons (Fsp3) is 0.450. The van der Waals surface area contributed by atoms with Crippen molar-refractivity contribution in [2.75, 3.05) is 12.9 Å². The molecule has 26 heavy (non-hydrogen) atoms. The molecule has 0 atom stereocenters. The van der Waals surface area contributed by atoms with Crippen LogP contribution in [0.1, 0.15) is 37.8 Å². The summed E-state index contributed by atoms with van der Waals surface area (Å²) in [5.74, 6) is 1.23. The van der Waals surface area contributed by atoms with Crippen LogP contribution in [0.3, 0.4) is 0 Å².